The third kappa shape index (κ3) is 4.09. The lowest BCUT2D eigenvalue weighted by molar-refractivity contribution is 0.146. The van der Waals surface area contributed by atoms with Gasteiger partial charge >= 0.3 is 7.60 Å². The minimum absolute atomic E-state index is 0.0518. The smallest absolute Gasteiger partial charge is 0.324 e. The van der Waals surface area contributed by atoms with Crippen molar-refractivity contribution < 1.29 is 14.4 Å². The SMILES string of the molecule is CC(C)N1CCCC(CP(=O)(O)O)C1. The number of rotatable bonds is 3. The maximum absolute atomic E-state index is 10.9. The normalized spacial score (nSPS) is 25.6. The molecule has 0 spiro atoms. The van der Waals surface area contributed by atoms with Crippen LogP contribution < -0.4 is 0 Å². The molecule has 1 rings (SSSR count). The molecule has 0 aromatic heterocycles. The predicted molar refractivity (Wildman–Crippen MR) is 56.3 cm³/mol. The number of piperidine rings is 1. The van der Waals surface area contributed by atoms with E-state index in [4.69, 9.17) is 9.79 Å². The summed E-state index contributed by atoms with van der Waals surface area (Å²) in [6, 6.07) is 0.481. The topological polar surface area (TPSA) is 60.8 Å². The molecular weight excluding hydrogens is 201 g/mol. The van der Waals surface area contributed by atoms with E-state index in [1.807, 2.05) is 0 Å². The molecule has 0 aromatic rings. The van der Waals surface area contributed by atoms with Crippen molar-refractivity contribution in [1.82, 2.24) is 4.90 Å². The Kier molecular flexibility index (Phi) is 4.14. The van der Waals surface area contributed by atoms with Crippen molar-refractivity contribution in [2.45, 2.75) is 32.7 Å². The van der Waals surface area contributed by atoms with E-state index < -0.39 is 7.60 Å². The van der Waals surface area contributed by atoms with Gasteiger partial charge in [-0.1, -0.05) is 0 Å². The van der Waals surface area contributed by atoms with Crippen LogP contribution in [-0.4, -0.2) is 40.0 Å². The van der Waals surface area contributed by atoms with Crippen LogP contribution in [0.5, 0.6) is 0 Å². The van der Waals surface area contributed by atoms with Crippen molar-refractivity contribution in [3.63, 3.8) is 0 Å². The van der Waals surface area contributed by atoms with Gasteiger partial charge in [0, 0.05) is 12.6 Å². The van der Waals surface area contributed by atoms with Crippen molar-refractivity contribution in [3.05, 3.63) is 0 Å². The molecule has 0 saturated carbocycles. The second-order valence-electron chi connectivity index (χ2n) is 4.44. The van der Waals surface area contributed by atoms with E-state index in [1.54, 1.807) is 0 Å². The van der Waals surface area contributed by atoms with E-state index in [1.165, 1.54) is 0 Å². The first kappa shape index (κ1) is 12.2. The van der Waals surface area contributed by atoms with Crippen LogP contribution in [0.3, 0.4) is 0 Å². The lowest BCUT2D eigenvalue weighted by Gasteiger charge is -2.35. The average Bonchev–Trinajstić information content (AvgIpc) is 2.01. The molecule has 4 nitrogen and oxygen atoms in total. The van der Waals surface area contributed by atoms with Crippen LogP contribution >= 0.6 is 7.60 Å². The quantitative estimate of drug-likeness (QED) is 0.705. The first-order valence-corrected chi connectivity index (χ1v) is 6.97. The molecule has 1 unspecified atom stereocenters. The number of likely N-dealkylation sites (tertiary alicyclic amines) is 1. The standard InChI is InChI=1S/C9H20NO3P/c1-8(2)10-5-3-4-9(6-10)7-14(11,12)13/h8-9H,3-7H2,1-2H3,(H2,11,12,13). The average molecular weight is 221 g/mol. The van der Waals surface area contributed by atoms with Gasteiger partial charge in [0.25, 0.3) is 0 Å². The molecule has 0 bridgehead atoms. The molecule has 0 aromatic carbocycles. The zero-order valence-corrected chi connectivity index (χ0v) is 9.78. The summed E-state index contributed by atoms with van der Waals surface area (Å²) in [7, 11) is -3.82. The van der Waals surface area contributed by atoms with Crippen LogP contribution in [0.2, 0.25) is 0 Å². The lowest BCUT2D eigenvalue weighted by atomic mass is 9.99. The Bertz CT molecular complexity index is 226. The van der Waals surface area contributed by atoms with Crippen LogP contribution in [0.1, 0.15) is 26.7 Å². The number of nitrogens with zero attached hydrogens (tertiary/aromatic N) is 1. The molecule has 1 aliphatic heterocycles. The molecular formula is C9H20NO3P. The molecule has 1 fully saturated rings. The summed E-state index contributed by atoms with van der Waals surface area (Å²) in [5.74, 6) is 0.173. The van der Waals surface area contributed by atoms with Gasteiger partial charge in [-0.2, -0.15) is 0 Å². The summed E-state index contributed by atoms with van der Waals surface area (Å²) in [4.78, 5) is 20.1. The van der Waals surface area contributed by atoms with E-state index in [2.05, 4.69) is 18.7 Å². The molecule has 0 aliphatic carbocycles. The van der Waals surface area contributed by atoms with E-state index in [0.29, 0.717) is 6.04 Å². The van der Waals surface area contributed by atoms with Gasteiger partial charge in [0.15, 0.2) is 0 Å². The summed E-state index contributed by atoms with van der Waals surface area (Å²) >= 11 is 0. The maximum Gasteiger partial charge on any atom is 0.325 e. The molecule has 14 heavy (non-hydrogen) atoms. The predicted octanol–water partition coefficient (Wildman–Crippen LogP) is 1.28. The monoisotopic (exact) mass is 221 g/mol. The van der Waals surface area contributed by atoms with E-state index in [0.717, 1.165) is 25.9 Å². The van der Waals surface area contributed by atoms with E-state index >= 15 is 0 Å². The Hall–Kier alpha value is 0.110. The van der Waals surface area contributed by atoms with Gasteiger partial charge in [0.1, 0.15) is 0 Å². The van der Waals surface area contributed by atoms with E-state index in [9.17, 15) is 4.57 Å². The van der Waals surface area contributed by atoms with Gasteiger partial charge in [0.05, 0.1) is 6.16 Å². The highest BCUT2D eigenvalue weighted by Gasteiger charge is 2.27. The first-order chi connectivity index (χ1) is 6.38. The Morgan fingerprint density at radius 3 is 2.64 bits per heavy atom. The lowest BCUT2D eigenvalue weighted by Crippen LogP contribution is -2.40. The number of hydrogen-bond donors (Lipinski definition) is 2. The van der Waals surface area contributed by atoms with Gasteiger partial charge < -0.3 is 14.7 Å². The number of hydrogen-bond acceptors (Lipinski definition) is 2. The molecule has 1 saturated heterocycles. The van der Waals surface area contributed by atoms with Gasteiger partial charge in [-0.3, -0.25) is 4.57 Å². The minimum Gasteiger partial charge on any atom is -0.324 e. The molecule has 5 heteroatoms. The Labute approximate surface area is 85.5 Å². The van der Waals surface area contributed by atoms with Gasteiger partial charge in [-0.25, -0.2) is 0 Å². The Morgan fingerprint density at radius 2 is 2.14 bits per heavy atom. The first-order valence-electron chi connectivity index (χ1n) is 5.17. The van der Waals surface area contributed by atoms with Crippen LogP contribution in [0.15, 0.2) is 0 Å². The third-order valence-corrected chi connectivity index (χ3v) is 3.77. The summed E-state index contributed by atoms with van der Waals surface area (Å²) in [5, 5.41) is 0. The van der Waals surface area contributed by atoms with Crippen molar-refractivity contribution >= 4 is 7.60 Å². The zero-order chi connectivity index (χ0) is 10.8. The summed E-state index contributed by atoms with van der Waals surface area (Å²) in [6.45, 7) is 6.15. The fourth-order valence-electron chi connectivity index (χ4n) is 2.05. The van der Waals surface area contributed by atoms with Gasteiger partial charge in [-0.15, -0.1) is 0 Å². The molecule has 1 aliphatic rings. The fraction of sp³-hybridized carbons (Fsp3) is 1.00. The van der Waals surface area contributed by atoms with Crippen molar-refractivity contribution in [2.24, 2.45) is 5.92 Å². The molecule has 0 amide bonds. The fourth-order valence-corrected chi connectivity index (χ4v) is 3.02. The Morgan fingerprint density at radius 1 is 1.50 bits per heavy atom. The van der Waals surface area contributed by atoms with Crippen LogP contribution in [0.25, 0.3) is 0 Å². The zero-order valence-electron chi connectivity index (χ0n) is 8.89. The Balaban J connectivity index is 2.44. The van der Waals surface area contributed by atoms with Gasteiger partial charge in [0.2, 0.25) is 0 Å². The minimum atomic E-state index is -3.82. The molecule has 84 valence electrons. The second-order valence-corrected chi connectivity index (χ2v) is 6.14. The van der Waals surface area contributed by atoms with Crippen LogP contribution in [0.4, 0.5) is 0 Å². The summed E-state index contributed by atoms with van der Waals surface area (Å²) in [6.07, 6.45) is 2.06. The van der Waals surface area contributed by atoms with Crippen molar-refractivity contribution in [1.29, 1.82) is 0 Å². The summed E-state index contributed by atoms with van der Waals surface area (Å²) < 4.78 is 10.9. The molecule has 2 N–H and O–H groups in total. The maximum atomic E-state index is 10.9. The van der Waals surface area contributed by atoms with Crippen molar-refractivity contribution in [2.75, 3.05) is 19.3 Å². The van der Waals surface area contributed by atoms with Crippen LogP contribution in [-0.2, 0) is 4.57 Å². The highest BCUT2D eigenvalue weighted by atomic mass is 31.2. The third-order valence-electron chi connectivity index (χ3n) is 2.78. The van der Waals surface area contributed by atoms with Crippen LogP contribution in [0, 0.1) is 5.92 Å². The molecule has 0 radical (unpaired) electrons. The second kappa shape index (κ2) is 4.75. The van der Waals surface area contributed by atoms with E-state index in [-0.39, 0.29) is 12.1 Å². The van der Waals surface area contributed by atoms with Crippen molar-refractivity contribution in [3.8, 4) is 0 Å². The molecule has 1 atom stereocenters. The highest BCUT2D eigenvalue weighted by Crippen LogP contribution is 2.39. The van der Waals surface area contributed by atoms with Gasteiger partial charge in [-0.05, 0) is 39.2 Å². The highest BCUT2D eigenvalue weighted by molar-refractivity contribution is 7.51. The largest absolute Gasteiger partial charge is 0.325 e. The molecule has 1 heterocycles. The summed E-state index contributed by atoms with van der Waals surface area (Å²) in [5.41, 5.74) is 0.